The number of amides is 1. The van der Waals surface area contributed by atoms with Gasteiger partial charge in [0.05, 0.1) is 7.11 Å². The molecule has 0 unspecified atom stereocenters. The number of ether oxygens (including phenoxy) is 1. The van der Waals surface area contributed by atoms with Gasteiger partial charge in [-0.3, -0.25) is 4.79 Å². The first kappa shape index (κ1) is 28.3. The monoisotopic (exact) mass is 443 g/mol. The van der Waals surface area contributed by atoms with Crippen molar-refractivity contribution in [3.8, 4) is 5.75 Å². The van der Waals surface area contributed by atoms with E-state index >= 15 is 0 Å². The predicted octanol–water partition coefficient (Wildman–Crippen LogP) is 8.43. The van der Waals surface area contributed by atoms with Gasteiger partial charge in [-0.25, -0.2) is 0 Å². The Kier molecular flexibility index (Phi) is 17.6. The van der Waals surface area contributed by atoms with Crippen LogP contribution in [0.4, 0.5) is 0 Å². The van der Waals surface area contributed by atoms with Crippen molar-refractivity contribution in [1.82, 2.24) is 4.90 Å². The van der Waals surface area contributed by atoms with Crippen molar-refractivity contribution in [2.45, 2.75) is 110 Å². The first-order valence-corrected chi connectivity index (χ1v) is 13.2. The number of likely N-dealkylation sites (N-methyl/N-ethyl adjacent to an activating group) is 1. The fraction of sp³-hybridized carbons (Fsp3) is 0.690. The maximum atomic E-state index is 12.2. The Bertz CT molecular complexity index is 594. The van der Waals surface area contributed by atoms with Crippen molar-refractivity contribution in [2.24, 2.45) is 0 Å². The van der Waals surface area contributed by atoms with Crippen LogP contribution in [-0.2, 0) is 4.79 Å². The zero-order valence-electron chi connectivity index (χ0n) is 21.2. The van der Waals surface area contributed by atoms with Gasteiger partial charge in [-0.05, 0) is 30.2 Å². The second kappa shape index (κ2) is 19.9. The first-order chi connectivity index (χ1) is 15.7. The van der Waals surface area contributed by atoms with Crippen molar-refractivity contribution >= 4 is 12.0 Å². The summed E-state index contributed by atoms with van der Waals surface area (Å²) in [6, 6.07) is 7.73. The summed E-state index contributed by atoms with van der Waals surface area (Å²) in [4.78, 5) is 14.1. The summed E-state index contributed by atoms with van der Waals surface area (Å²) in [5.41, 5.74) is 1.01. The Balaban J connectivity index is 1.91. The van der Waals surface area contributed by atoms with Crippen molar-refractivity contribution in [1.29, 1.82) is 0 Å². The molecular formula is C29H49NO2. The van der Waals surface area contributed by atoms with Crippen LogP contribution in [0, 0.1) is 0 Å². The topological polar surface area (TPSA) is 29.5 Å². The van der Waals surface area contributed by atoms with Gasteiger partial charge < -0.3 is 9.64 Å². The number of hydrogen-bond acceptors (Lipinski definition) is 2. The molecule has 1 rings (SSSR count). The molecule has 0 N–H and O–H groups in total. The zero-order valence-corrected chi connectivity index (χ0v) is 21.2. The highest BCUT2D eigenvalue weighted by molar-refractivity contribution is 5.91. The van der Waals surface area contributed by atoms with E-state index in [9.17, 15) is 4.79 Å². The minimum absolute atomic E-state index is 0.0711. The van der Waals surface area contributed by atoms with Crippen molar-refractivity contribution < 1.29 is 9.53 Å². The van der Waals surface area contributed by atoms with Crippen LogP contribution in [0.25, 0.3) is 6.08 Å². The number of methoxy groups -OCH3 is 1. The number of unbranched alkanes of at least 4 members (excludes halogenated alkanes) is 15. The fourth-order valence-electron chi connectivity index (χ4n) is 4.02. The van der Waals surface area contributed by atoms with E-state index < -0.39 is 0 Å². The lowest BCUT2D eigenvalue weighted by Crippen LogP contribution is -2.25. The minimum Gasteiger partial charge on any atom is -0.497 e. The molecule has 0 saturated heterocycles. The molecule has 3 heteroatoms. The van der Waals surface area contributed by atoms with Crippen LogP contribution < -0.4 is 4.74 Å². The molecule has 3 nitrogen and oxygen atoms in total. The molecular weight excluding hydrogens is 394 g/mol. The molecule has 0 radical (unpaired) electrons. The number of hydrogen-bond donors (Lipinski definition) is 0. The molecule has 0 bridgehead atoms. The molecule has 0 fully saturated rings. The van der Waals surface area contributed by atoms with E-state index in [2.05, 4.69) is 6.92 Å². The quantitative estimate of drug-likeness (QED) is 0.149. The SMILES string of the molecule is CCCCCCCCCCCCCCCCCCN(C)C(=O)C=Cc1ccc(OC)cc1. The summed E-state index contributed by atoms with van der Waals surface area (Å²) >= 11 is 0. The molecule has 0 aromatic heterocycles. The third-order valence-electron chi connectivity index (χ3n) is 6.26. The standard InChI is InChI=1S/C29H49NO2/c1-4-5-6-7-8-9-10-11-12-13-14-15-16-17-18-19-26-30(2)29(31)25-22-27-20-23-28(32-3)24-21-27/h20-25H,4-19,26H2,1-3H3. The summed E-state index contributed by atoms with van der Waals surface area (Å²) in [6.07, 6.45) is 25.5. The highest BCUT2D eigenvalue weighted by atomic mass is 16.5. The van der Waals surface area contributed by atoms with Gasteiger partial charge in [0.15, 0.2) is 0 Å². The number of benzene rings is 1. The third-order valence-corrected chi connectivity index (χ3v) is 6.26. The lowest BCUT2D eigenvalue weighted by atomic mass is 10.0. The Labute approximate surface area is 198 Å². The van der Waals surface area contributed by atoms with Crippen molar-refractivity contribution in [2.75, 3.05) is 20.7 Å². The molecule has 182 valence electrons. The summed E-state index contributed by atoms with van der Waals surface area (Å²) in [7, 11) is 3.55. The largest absolute Gasteiger partial charge is 0.497 e. The van der Waals surface area contributed by atoms with Gasteiger partial charge in [0, 0.05) is 19.7 Å². The fourth-order valence-corrected chi connectivity index (χ4v) is 4.02. The molecule has 0 atom stereocenters. The molecule has 32 heavy (non-hydrogen) atoms. The van der Waals surface area contributed by atoms with Crippen LogP contribution >= 0.6 is 0 Å². The van der Waals surface area contributed by atoms with Gasteiger partial charge >= 0.3 is 0 Å². The van der Waals surface area contributed by atoms with Gasteiger partial charge in [0.25, 0.3) is 0 Å². The average molecular weight is 444 g/mol. The molecule has 0 heterocycles. The van der Waals surface area contributed by atoms with Gasteiger partial charge in [-0.1, -0.05) is 115 Å². The first-order valence-electron chi connectivity index (χ1n) is 13.2. The van der Waals surface area contributed by atoms with E-state index in [1.54, 1.807) is 13.2 Å². The Morgan fingerprint density at radius 2 is 1.19 bits per heavy atom. The van der Waals surface area contributed by atoms with E-state index in [1.807, 2.05) is 42.3 Å². The average Bonchev–Trinajstić information content (AvgIpc) is 2.82. The van der Waals surface area contributed by atoms with Gasteiger partial charge in [-0.2, -0.15) is 0 Å². The van der Waals surface area contributed by atoms with Crippen LogP contribution in [0.5, 0.6) is 5.75 Å². The minimum atomic E-state index is 0.0711. The van der Waals surface area contributed by atoms with E-state index in [-0.39, 0.29) is 5.91 Å². The second-order valence-corrected chi connectivity index (χ2v) is 9.17. The number of carbonyl (C=O) groups excluding carboxylic acids is 1. The Hall–Kier alpha value is -1.77. The summed E-state index contributed by atoms with van der Waals surface area (Å²) < 4.78 is 5.16. The smallest absolute Gasteiger partial charge is 0.246 e. The van der Waals surface area contributed by atoms with E-state index in [1.165, 1.54) is 96.3 Å². The highest BCUT2D eigenvalue weighted by Crippen LogP contribution is 2.14. The Morgan fingerprint density at radius 3 is 1.62 bits per heavy atom. The summed E-state index contributed by atoms with van der Waals surface area (Å²) in [6.45, 7) is 3.12. The normalized spacial score (nSPS) is 11.2. The molecule has 1 amide bonds. The van der Waals surface area contributed by atoms with Crippen LogP contribution in [-0.4, -0.2) is 31.5 Å². The van der Waals surface area contributed by atoms with E-state index in [0.717, 1.165) is 24.3 Å². The van der Waals surface area contributed by atoms with Gasteiger partial charge in [0.1, 0.15) is 5.75 Å². The lowest BCUT2D eigenvalue weighted by molar-refractivity contribution is -0.124. The maximum Gasteiger partial charge on any atom is 0.246 e. The predicted molar refractivity (Wildman–Crippen MR) is 139 cm³/mol. The molecule has 0 aliphatic heterocycles. The van der Waals surface area contributed by atoms with E-state index in [4.69, 9.17) is 4.74 Å². The zero-order chi connectivity index (χ0) is 23.3. The third kappa shape index (κ3) is 15.1. The summed E-state index contributed by atoms with van der Waals surface area (Å²) in [5.74, 6) is 0.899. The van der Waals surface area contributed by atoms with Gasteiger partial charge in [-0.15, -0.1) is 0 Å². The second-order valence-electron chi connectivity index (χ2n) is 9.17. The van der Waals surface area contributed by atoms with Crippen molar-refractivity contribution in [3.63, 3.8) is 0 Å². The van der Waals surface area contributed by atoms with Crippen LogP contribution in [0.2, 0.25) is 0 Å². The van der Waals surface area contributed by atoms with Crippen LogP contribution in [0.1, 0.15) is 115 Å². The Morgan fingerprint density at radius 1 is 0.750 bits per heavy atom. The molecule has 0 spiro atoms. The molecule has 1 aromatic carbocycles. The number of rotatable bonds is 20. The van der Waals surface area contributed by atoms with Gasteiger partial charge in [0.2, 0.25) is 5.91 Å². The van der Waals surface area contributed by atoms with Crippen LogP contribution in [0.15, 0.2) is 30.3 Å². The van der Waals surface area contributed by atoms with E-state index in [0.29, 0.717) is 0 Å². The number of nitrogens with zero attached hydrogens (tertiary/aromatic N) is 1. The molecule has 0 aliphatic rings. The molecule has 1 aromatic rings. The van der Waals surface area contributed by atoms with Crippen LogP contribution in [0.3, 0.4) is 0 Å². The number of carbonyl (C=O) groups is 1. The summed E-state index contributed by atoms with van der Waals surface area (Å²) in [5, 5.41) is 0. The maximum absolute atomic E-state index is 12.2. The lowest BCUT2D eigenvalue weighted by Gasteiger charge is -2.14. The molecule has 0 saturated carbocycles. The highest BCUT2D eigenvalue weighted by Gasteiger charge is 2.04. The van der Waals surface area contributed by atoms with Crippen molar-refractivity contribution in [3.05, 3.63) is 35.9 Å². The molecule has 0 aliphatic carbocycles.